The largest absolute Gasteiger partial charge is 0.398 e. The molecule has 0 unspecified atom stereocenters. The first-order chi connectivity index (χ1) is 9.94. The Labute approximate surface area is 124 Å². The van der Waals surface area contributed by atoms with Crippen molar-refractivity contribution in [3.8, 4) is 0 Å². The number of ether oxygens (including phenoxy) is 1. The SMILES string of the molecule is COCCC(C)(C)CNc1c(F)cc(N)c2cccnc12. The molecule has 0 atom stereocenters. The second-order valence-electron chi connectivity index (χ2n) is 5.98. The number of nitrogens with two attached hydrogens (primary N) is 1. The van der Waals surface area contributed by atoms with Crippen LogP contribution in [0.5, 0.6) is 0 Å². The van der Waals surface area contributed by atoms with Crippen LogP contribution in [0.15, 0.2) is 24.4 Å². The number of hydrogen-bond donors (Lipinski definition) is 2. The average Bonchev–Trinajstić information content (AvgIpc) is 2.45. The number of nitrogens with zero attached hydrogens (tertiary/aromatic N) is 1. The molecule has 0 saturated carbocycles. The van der Waals surface area contributed by atoms with Crippen LogP contribution in [-0.2, 0) is 4.74 Å². The van der Waals surface area contributed by atoms with Crippen molar-refractivity contribution >= 4 is 22.3 Å². The maximum absolute atomic E-state index is 14.2. The molecule has 0 bridgehead atoms. The number of nitrogen functional groups attached to an aromatic ring is 1. The van der Waals surface area contributed by atoms with E-state index in [1.807, 2.05) is 6.07 Å². The summed E-state index contributed by atoms with van der Waals surface area (Å²) >= 11 is 0. The molecule has 21 heavy (non-hydrogen) atoms. The van der Waals surface area contributed by atoms with E-state index in [0.29, 0.717) is 30.0 Å². The lowest BCUT2D eigenvalue weighted by atomic mass is 9.89. The van der Waals surface area contributed by atoms with Crippen LogP contribution in [-0.4, -0.2) is 25.2 Å². The van der Waals surface area contributed by atoms with E-state index in [1.54, 1.807) is 19.4 Å². The summed E-state index contributed by atoms with van der Waals surface area (Å²) < 4.78 is 19.3. The van der Waals surface area contributed by atoms with Gasteiger partial charge in [0.15, 0.2) is 5.82 Å². The molecule has 0 aliphatic rings. The predicted molar refractivity (Wildman–Crippen MR) is 84.9 cm³/mol. The van der Waals surface area contributed by atoms with Crippen molar-refractivity contribution in [1.82, 2.24) is 4.98 Å². The number of pyridine rings is 1. The van der Waals surface area contributed by atoms with Crippen LogP contribution in [0.1, 0.15) is 20.3 Å². The number of methoxy groups -OCH3 is 1. The molecule has 0 radical (unpaired) electrons. The molecular weight excluding hydrogens is 269 g/mol. The molecule has 4 nitrogen and oxygen atoms in total. The van der Waals surface area contributed by atoms with Gasteiger partial charge in [0.1, 0.15) is 0 Å². The molecule has 1 aromatic carbocycles. The molecule has 0 aliphatic carbocycles. The van der Waals surface area contributed by atoms with Crippen LogP contribution in [0.3, 0.4) is 0 Å². The Hall–Kier alpha value is -1.88. The third kappa shape index (κ3) is 3.61. The normalized spacial score (nSPS) is 11.8. The maximum Gasteiger partial charge on any atom is 0.150 e. The first kappa shape index (κ1) is 15.5. The van der Waals surface area contributed by atoms with Gasteiger partial charge in [-0.15, -0.1) is 0 Å². The Bertz CT molecular complexity index is 628. The number of rotatable bonds is 6. The highest BCUT2D eigenvalue weighted by Crippen LogP contribution is 2.31. The van der Waals surface area contributed by atoms with E-state index in [4.69, 9.17) is 10.5 Å². The highest BCUT2D eigenvalue weighted by molar-refractivity contribution is 5.98. The summed E-state index contributed by atoms with van der Waals surface area (Å²) in [4.78, 5) is 4.26. The fraction of sp³-hybridized carbons (Fsp3) is 0.438. The molecular formula is C16H22FN3O. The van der Waals surface area contributed by atoms with Crippen LogP contribution in [0.25, 0.3) is 10.9 Å². The van der Waals surface area contributed by atoms with Gasteiger partial charge < -0.3 is 15.8 Å². The van der Waals surface area contributed by atoms with E-state index in [2.05, 4.69) is 24.1 Å². The third-order valence-corrected chi connectivity index (χ3v) is 3.60. The minimum absolute atomic E-state index is 0.00899. The quantitative estimate of drug-likeness (QED) is 0.800. The molecule has 1 heterocycles. The minimum Gasteiger partial charge on any atom is -0.398 e. The van der Waals surface area contributed by atoms with Crippen molar-refractivity contribution in [2.45, 2.75) is 20.3 Å². The summed E-state index contributed by atoms with van der Waals surface area (Å²) in [6.45, 7) is 5.54. The van der Waals surface area contributed by atoms with Gasteiger partial charge in [-0.2, -0.15) is 0 Å². The summed E-state index contributed by atoms with van der Waals surface area (Å²) in [5, 5.41) is 3.94. The van der Waals surface area contributed by atoms with Crippen molar-refractivity contribution in [2.24, 2.45) is 5.41 Å². The molecule has 0 fully saturated rings. The van der Waals surface area contributed by atoms with Crippen molar-refractivity contribution in [2.75, 3.05) is 31.3 Å². The van der Waals surface area contributed by atoms with E-state index >= 15 is 0 Å². The second-order valence-corrected chi connectivity index (χ2v) is 5.98. The van der Waals surface area contributed by atoms with Gasteiger partial charge in [0.25, 0.3) is 0 Å². The number of benzene rings is 1. The monoisotopic (exact) mass is 291 g/mol. The van der Waals surface area contributed by atoms with Crippen molar-refractivity contribution in [3.05, 3.63) is 30.2 Å². The molecule has 114 valence electrons. The second kappa shape index (κ2) is 6.26. The summed E-state index contributed by atoms with van der Waals surface area (Å²) in [6.07, 6.45) is 2.53. The van der Waals surface area contributed by atoms with Crippen molar-refractivity contribution in [3.63, 3.8) is 0 Å². The Kier molecular flexibility index (Phi) is 4.63. The number of hydrogen-bond acceptors (Lipinski definition) is 4. The summed E-state index contributed by atoms with van der Waals surface area (Å²) in [5.74, 6) is -0.374. The smallest absolute Gasteiger partial charge is 0.150 e. The van der Waals surface area contributed by atoms with Gasteiger partial charge >= 0.3 is 0 Å². The van der Waals surface area contributed by atoms with Crippen molar-refractivity contribution in [1.29, 1.82) is 0 Å². The van der Waals surface area contributed by atoms with Crippen LogP contribution in [0, 0.1) is 11.2 Å². The van der Waals surface area contributed by atoms with E-state index in [-0.39, 0.29) is 11.2 Å². The fourth-order valence-corrected chi connectivity index (χ4v) is 2.20. The van der Waals surface area contributed by atoms with Crippen LogP contribution in [0.2, 0.25) is 0 Å². The molecule has 0 amide bonds. The summed E-state index contributed by atoms with van der Waals surface area (Å²) in [7, 11) is 1.68. The van der Waals surface area contributed by atoms with E-state index in [0.717, 1.165) is 11.8 Å². The molecule has 1 aromatic heterocycles. The van der Waals surface area contributed by atoms with Gasteiger partial charge in [0.05, 0.1) is 11.2 Å². The average molecular weight is 291 g/mol. The highest BCUT2D eigenvalue weighted by Gasteiger charge is 2.19. The zero-order valence-electron chi connectivity index (χ0n) is 12.7. The number of halogens is 1. The van der Waals surface area contributed by atoms with Crippen molar-refractivity contribution < 1.29 is 9.13 Å². The van der Waals surface area contributed by atoms with Gasteiger partial charge in [0.2, 0.25) is 0 Å². The first-order valence-corrected chi connectivity index (χ1v) is 7.00. The third-order valence-electron chi connectivity index (χ3n) is 3.60. The van der Waals surface area contributed by atoms with Gasteiger partial charge in [-0.1, -0.05) is 13.8 Å². The Morgan fingerprint density at radius 1 is 1.43 bits per heavy atom. The zero-order chi connectivity index (χ0) is 15.5. The number of anilines is 2. The molecule has 0 saturated heterocycles. The standard InChI is InChI=1S/C16H22FN3O/c1-16(2,6-8-21-3)10-20-15-12(17)9-13(18)11-5-4-7-19-14(11)15/h4-5,7,9,20H,6,8,10,18H2,1-3H3. The maximum atomic E-state index is 14.2. The van der Waals surface area contributed by atoms with Gasteiger partial charge in [-0.25, -0.2) is 4.39 Å². The zero-order valence-corrected chi connectivity index (χ0v) is 12.7. The Morgan fingerprint density at radius 3 is 2.90 bits per heavy atom. The lowest BCUT2D eigenvalue weighted by molar-refractivity contribution is 0.157. The summed E-state index contributed by atoms with van der Waals surface area (Å²) in [5.41, 5.74) is 7.22. The molecule has 0 aliphatic heterocycles. The van der Waals surface area contributed by atoms with Crippen LogP contribution < -0.4 is 11.1 Å². The Morgan fingerprint density at radius 2 is 2.19 bits per heavy atom. The van der Waals surface area contributed by atoms with Crippen LogP contribution >= 0.6 is 0 Å². The van der Waals surface area contributed by atoms with Gasteiger partial charge in [-0.3, -0.25) is 4.98 Å². The van der Waals surface area contributed by atoms with E-state index < -0.39 is 0 Å². The first-order valence-electron chi connectivity index (χ1n) is 7.00. The minimum atomic E-state index is -0.374. The molecule has 0 spiro atoms. The fourth-order valence-electron chi connectivity index (χ4n) is 2.20. The molecule has 2 aromatic rings. The lowest BCUT2D eigenvalue weighted by Gasteiger charge is -2.25. The number of nitrogens with one attached hydrogen (secondary N) is 1. The van der Waals surface area contributed by atoms with Gasteiger partial charge in [0, 0.05) is 37.5 Å². The lowest BCUT2D eigenvalue weighted by Crippen LogP contribution is -2.25. The Balaban J connectivity index is 2.26. The highest BCUT2D eigenvalue weighted by atomic mass is 19.1. The number of fused-ring (bicyclic) bond motifs is 1. The van der Waals surface area contributed by atoms with Crippen LogP contribution in [0.4, 0.5) is 15.8 Å². The molecule has 3 N–H and O–H groups in total. The number of aromatic nitrogens is 1. The van der Waals surface area contributed by atoms with Gasteiger partial charge in [-0.05, 0) is 30.0 Å². The predicted octanol–water partition coefficient (Wildman–Crippen LogP) is 3.43. The van der Waals surface area contributed by atoms with E-state index in [9.17, 15) is 4.39 Å². The van der Waals surface area contributed by atoms with E-state index in [1.165, 1.54) is 6.07 Å². The topological polar surface area (TPSA) is 60.2 Å². The summed E-state index contributed by atoms with van der Waals surface area (Å²) in [6, 6.07) is 4.98. The molecule has 5 heteroatoms. The molecule has 2 rings (SSSR count).